The molecule has 0 saturated carbocycles. The van der Waals surface area contributed by atoms with Gasteiger partial charge in [0, 0.05) is 25.6 Å². The first kappa shape index (κ1) is 11.0. The summed E-state index contributed by atoms with van der Waals surface area (Å²) in [7, 11) is 0. The Morgan fingerprint density at radius 3 is 3.00 bits per heavy atom. The van der Waals surface area contributed by atoms with Crippen LogP contribution in [0.5, 0.6) is 0 Å². The molecule has 0 aromatic heterocycles. The van der Waals surface area contributed by atoms with Gasteiger partial charge < -0.3 is 15.3 Å². The Morgan fingerprint density at radius 2 is 2.43 bits per heavy atom. The number of rotatable bonds is 4. The summed E-state index contributed by atoms with van der Waals surface area (Å²) in [6, 6.07) is 0.128. The highest BCUT2D eigenvalue weighted by atomic mass is 16.4. The third-order valence-electron chi connectivity index (χ3n) is 2.42. The van der Waals surface area contributed by atoms with Crippen LogP contribution in [0.2, 0.25) is 0 Å². The van der Waals surface area contributed by atoms with Crippen LogP contribution in [0.4, 0.5) is 0 Å². The highest BCUT2D eigenvalue weighted by Crippen LogP contribution is 2.05. The third kappa shape index (κ3) is 2.99. The van der Waals surface area contributed by atoms with Crippen LogP contribution < -0.4 is 5.32 Å². The summed E-state index contributed by atoms with van der Waals surface area (Å²) in [5.74, 6) is -0.689. The van der Waals surface area contributed by atoms with Gasteiger partial charge in [-0.05, 0) is 13.3 Å². The Bertz CT molecular complexity index is 230. The predicted octanol–water partition coefficient (Wildman–Crippen LogP) is -0.328. The first-order chi connectivity index (χ1) is 6.63. The van der Waals surface area contributed by atoms with E-state index in [0.29, 0.717) is 26.1 Å². The summed E-state index contributed by atoms with van der Waals surface area (Å²) in [5, 5.41) is 11.5. The zero-order chi connectivity index (χ0) is 10.6. The van der Waals surface area contributed by atoms with Crippen molar-refractivity contribution in [3.8, 4) is 0 Å². The van der Waals surface area contributed by atoms with Crippen LogP contribution in [0.3, 0.4) is 0 Å². The van der Waals surface area contributed by atoms with Gasteiger partial charge in [0.05, 0.1) is 6.54 Å². The molecule has 1 unspecified atom stereocenters. The summed E-state index contributed by atoms with van der Waals surface area (Å²) in [4.78, 5) is 23.4. The summed E-state index contributed by atoms with van der Waals surface area (Å²) in [5.41, 5.74) is 0. The van der Waals surface area contributed by atoms with Crippen molar-refractivity contribution >= 4 is 11.9 Å². The molecule has 1 heterocycles. The number of carbonyl (C=O) groups excluding carboxylic acids is 1. The van der Waals surface area contributed by atoms with Gasteiger partial charge in [0.15, 0.2) is 0 Å². The van der Waals surface area contributed by atoms with E-state index in [-0.39, 0.29) is 18.4 Å². The lowest BCUT2D eigenvalue weighted by Crippen LogP contribution is -2.53. The van der Waals surface area contributed by atoms with Crippen molar-refractivity contribution in [3.63, 3.8) is 0 Å². The van der Waals surface area contributed by atoms with Gasteiger partial charge in [-0.3, -0.25) is 9.59 Å². The average molecular weight is 200 g/mol. The molecule has 5 nitrogen and oxygen atoms in total. The second-order valence-electron chi connectivity index (χ2n) is 3.44. The molecule has 80 valence electrons. The molecule has 0 radical (unpaired) electrons. The number of carboxylic acid groups (broad SMARTS) is 1. The second-order valence-corrected chi connectivity index (χ2v) is 3.44. The van der Waals surface area contributed by atoms with Crippen molar-refractivity contribution in [1.82, 2.24) is 10.2 Å². The predicted molar refractivity (Wildman–Crippen MR) is 50.9 cm³/mol. The molecular weight excluding hydrogens is 184 g/mol. The van der Waals surface area contributed by atoms with Gasteiger partial charge in [-0.25, -0.2) is 0 Å². The Hall–Kier alpha value is -1.10. The van der Waals surface area contributed by atoms with Crippen LogP contribution in [0.1, 0.15) is 19.8 Å². The van der Waals surface area contributed by atoms with E-state index in [0.717, 1.165) is 0 Å². The average Bonchev–Trinajstić information content (AvgIpc) is 2.16. The summed E-state index contributed by atoms with van der Waals surface area (Å²) in [6.07, 6.45) is 0.739. The zero-order valence-corrected chi connectivity index (χ0v) is 8.32. The van der Waals surface area contributed by atoms with Crippen molar-refractivity contribution < 1.29 is 14.7 Å². The van der Waals surface area contributed by atoms with Crippen LogP contribution in [0, 0.1) is 0 Å². The molecule has 1 aliphatic rings. The van der Waals surface area contributed by atoms with Crippen molar-refractivity contribution in [2.45, 2.75) is 25.8 Å². The van der Waals surface area contributed by atoms with Crippen LogP contribution in [-0.2, 0) is 9.59 Å². The summed E-state index contributed by atoms with van der Waals surface area (Å²) in [6.45, 7) is 3.59. The van der Waals surface area contributed by atoms with E-state index in [4.69, 9.17) is 5.11 Å². The summed E-state index contributed by atoms with van der Waals surface area (Å²) >= 11 is 0. The largest absolute Gasteiger partial charge is 0.481 e. The van der Waals surface area contributed by atoms with Gasteiger partial charge in [-0.2, -0.15) is 0 Å². The van der Waals surface area contributed by atoms with E-state index in [1.807, 2.05) is 6.92 Å². The number of carboxylic acids is 1. The zero-order valence-electron chi connectivity index (χ0n) is 8.32. The SMILES string of the molecule is CCN1CC(CCC(=O)O)NCC1=O. The third-order valence-corrected chi connectivity index (χ3v) is 2.42. The van der Waals surface area contributed by atoms with Gasteiger partial charge in [-0.15, -0.1) is 0 Å². The normalized spacial score (nSPS) is 22.5. The molecule has 1 amide bonds. The van der Waals surface area contributed by atoms with E-state index in [9.17, 15) is 9.59 Å². The maximum Gasteiger partial charge on any atom is 0.303 e. The van der Waals surface area contributed by atoms with Gasteiger partial charge in [-0.1, -0.05) is 0 Å². The standard InChI is InChI=1S/C9H16N2O3/c1-2-11-6-7(3-4-9(13)14)10-5-8(11)12/h7,10H,2-6H2,1H3,(H,13,14). The molecule has 1 rings (SSSR count). The van der Waals surface area contributed by atoms with Gasteiger partial charge in [0.1, 0.15) is 0 Å². The highest BCUT2D eigenvalue weighted by Gasteiger charge is 2.23. The number of nitrogens with zero attached hydrogens (tertiary/aromatic N) is 1. The van der Waals surface area contributed by atoms with Crippen molar-refractivity contribution in [3.05, 3.63) is 0 Å². The van der Waals surface area contributed by atoms with Crippen LogP contribution in [0.15, 0.2) is 0 Å². The molecule has 0 aromatic carbocycles. The summed E-state index contributed by atoms with van der Waals surface area (Å²) < 4.78 is 0. The fraction of sp³-hybridized carbons (Fsp3) is 0.778. The molecule has 0 aromatic rings. The lowest BCUT2D eigenvalue weighted by atomic mass is 10.1. The van der Waals surface area contributed by atoms with Gasteiger partial charge in [0.2, 0.25) is 5.91 Å². The molecule has 1 fully saturated rings. The lowest BCUT2D eigenvalue weighted by molar-refractivity contribution is -0.137. The molecule has 1 saturated heterocycles. The number of carbonyl (C=O) groups is 2. The Labute approximate surface area is 83.1 Å². The quantitative estimate of drug-likeness (QED) is 0.652. The fourth-order valence-electron chi connectivity index (χ4n) is 1.57. The van der Waals surface area contributed by atoms with E-state index in [1.54, 1.807) is 4.90 Å². The first-order valence-corrected chi connectivity index (χ1v) is 4.86. The van der Waals surface area contributed by atoms with Crippen molar-refractivity contribution in [2.75, 3.05) is 19.6 Å². The van der Waals surface area contributed by atoms with E-state index in [2.05, 4.69) is 5.32 Å². The first-order valence-electron chi connectivity index (χ1n) is 4.86. The number of amides is 1. The smallest absolute Gasteiger partial charge is 0.303 e. The number of piperazine rings is 1. The molecule has 2 N–H and O–H groups in total. The molecule has 1 aliphatic heterocycles. The van der Waals surface area contributed by atoms with Gasteiger partial charge >= 0.3 is 5.97 Å². The Morgan fingerprint density at radius 1 is 1.71 bits per heavy atom. The Balaban J connectivity index is 2.34. The van der Waals surface area contributed by atoms with Crippen molar-refractivity contribution in [2.24, 2.45) is 0 Å². The number of aliphatic carboxylic acids is 1. The minimum atomic E-state index is -0.785. The van der Waals surface area contributed by atoms with E-state index >= 15 is 0 Å². The number of nitrogens with one attached hydrogen (secondary N) is 1. The topological polar surface area (TPSA) is 69.6 Å². The van der Waals surface area contributed by atoms with Crippen LogP contribution in [0.25, 0.3) is 0 Å². The number of likely N-dealkylation sites (N-methyl/N-ethyl adjacent to an activating group) is 1. The molecule has 1 atom stereocenters. The molecule has 5 heteroatoms. The van der Waals surface area contributed by atoms with Gasteiger partial charge in [0.25, 0.3) is 0 Å². The van der Waals surface area contributed by atoms with Crippen molar-refractivity contribution in [1.29, 1.82) is 0 Å². The number of hydrogen-bond acceptors (Lipinski definition) is 3. The van der Waals surface area contributed by atoms with E-state index in [1.165, 1.54) is 0 Å². The molecule has 0 spiro atoms. The molecule has 0 aliphatic carbocycles. The fourth-order valence-corrected chi connectivity index (χ4v) is 1.57. The lowest BCUT2D eigenvalue weighted by Gasteiger charge is -2.32. The maximum atomic E-state index is 11.3. The monoisotopic (exact) mass is 200 g/mol. The van der Waals surface area contributed by atoms with Crippen LogP contribution >= 0.6 is 0 Å². The van der Waals surface area contributed by atoms with E-state index < -0.39 is 5.97 Å². The molecule has 0 bridgehead atoms. The molecular formula is C9H16N2O3. The highest BCUT2D eigenvalue weighted by molar-refractivity contribution is 5.79. The number of hydrogen-bond donors (Lipinski definition) is 2. The Kier molecular flexibility index (Phi) is 3.88. The minimum absolute atomic E-state index is 0.0964. The minimum Gasteiger partial charge on any atom is -0.481 e. The molecule has 14 heavy (non-hydrogen) atoms. The second kappa shape index (κ2) is 4.95. The maximum absolute atomic E-state index is 11.3. The van der Waals surface area contributed by atoms with Crippen LogP contribution in [-0.4, -0.2) is 47.6 Å².